The highest BCUT2D eigenvalue weighted by Gasteiger charge is 2.22. The Morgan fingerprint density at radius 2 is 1.90 bits per heavy atom. The fourth-order valence-electron chi connectivity index (χ4n) is 0.808. The molecule has 0 aliphatic heterocycles. The molecule has 0 aromatic rings. The Morgan fingerprint density at radius 1 is 1.30 bits per heavy atom. The fraction of sp³-hybridized carbons (Fsp3) is 0.429. The monoisotopic (exact) mass is 160 g/mol. The second kappa shape index (κ2) is 2.74. The number of hydrogen-bond acceptors (Lipinski definition) is 2. The Kier molecular flexibility index (Phi) is 2.14. The van der Waals surface area contributed by atoms with Gasteiger partial charge in [0.2, 0.25) is 0 Å². The van der Waals surface area contributed by atoms with E-state index in [4.69, 9.17) is 16.7 Å². The SMILES string of the molecule is CC1=CC=C(Cl)[C@H](O)[C@@H]1O. The van der Waals surface area contributed by atoms with Crippen molar-refractivity contribution in [1.82, 2.24) is 0 Å². The number of hydrogen-bond donors (Lipinski definition) is 2. The van der Waals surface area contributed by atoms with E-state index in [0.29, 0.717) is 0 Å². The molecule has 3 heteroatoms. The third kappa shape index (κ3) is 1.24. The fourth-order valence-corrected chi connectivity index (χ4v) is 0.990. The number of halogens is 1. The van der Waals surface area contributed by atoms with Crippen LogP contribution in [0.4, 0.5) is 0 Å². The molecule has 0 fully saturated rings. The van der Waals surface area contributed by atoms with Crippen LogP contribution >= 0.6 is 11.6 Å². The van der Waals surface area contributed by atoms with Gasteiger partial charge in [-0.1, -0.05) is 17.7 Å². The largest absolute Gasteiger partial charge is 0.386 e. The first-order valence-electron chi connectivity index (χ1n) is 3.03. The van der Waals surface area contributed by atoms with Crippen molar-refractivity contribution < 1.29 is 10.2 Å². The Morgan fingerprint density at radius 3 is 2.40 bits per heavy atom. The number of rotatable bonds is 0. The van der Waals surface area contributed by atoms with Crippen molar-refractivity contribution in [1.29, 1.82) is 0 Å². The molecule has 0 heterocycles. The lowest BCUT2D eigenvalue weighted by molar-refractivity contribution is 0.0686. The summed E-state index contributed by atoms with van der Waals surface area (Å²) in [6, 6.07) is 0. The molecule has 0 aromatic heterocycles. The van der Waals surface area contributed by atoms with E-state index in [-0.39, 0.29) is 5.03 Å². The average molecular weight is 161 g/mol. The van der Waals surface area contributed by atoms with E-state index in [1.807, 2.05) is 0 Å². The van der Waals surface area contributed by atoms with Gasteiger partial charge < -0.3 is 10.2 Å². The summed E-state index contributed by atoms with van der Waals surface area (Å²) in [5.74, 6) is 0. The summed E-state index contributed by atoms with van der Waals surface area (Å²) in [5.41, 5.74) is 0.733. The molecule has 0 aromatic carbocycles. The number of allylic oxidation sites excluding steroid dienone is 2. The summed E-state index contributed by atoms with van der Waals surface area (Å²) < 4.78 is 0. The Hall–Kier alpha value is -0.310. The van der Waals surface area contributed by atoms with Crippen molar-refractivity contribution in [2.24, 2.45) is 0 Å². The highest BCUT2D eigenvalue weighted by Crippen LogP contribution is 2.21. The molecule has 0 radical (unpaired) electrons. The molecule has 0 saturated carbocycles. The average Bonchev–Trinajstić information content (AvgIpc) is 1.93. The minimum Gasteiger partial charge on any atom is -0.386 e. The lowest BCUT2D eigenvalue weighted by Crippen LogP contribution is -2.29. The second-order valence-corrected chi connectivity index (χ2v) is 2.79. The molecule has 0 unspecified atom stereocenters. The maximum atomic E-state index is 9.17. The predicted octanol–water partition coefficient (Wildman–Crippen LogP) is 0.791. The van der Waals surface area contributed by atoms with E-state index < -0.39 is 12.2 Å². The van der Waals surface area contributed by atoms with Crippen LogP contribution in [0.5, 0.6) is 0 Å². The van der Waals surface area contributed by atoms with Crippen LogP contribution in [0, 0.1) is 0 Å². The Labute approximate surface area is 64.4 Å². The summed E-state index contributed by atoms with van der Waals surface area (Å²) in [4.78, 5) is 0. The molecule has 1 rings (SSSR count). The van der Waals surface area contributed by atoms with Crippen molar-refractivity contribution in [2.75, 3.05) is 0 Å². The molecule has 2 atom stereocenters. The van der Waals surface area contributed by atoms with Gasteiger partial charge in [0, 0.05) is 5.03 Å². The van der Waals surface area contributed by atoms with Gasteiger partial charge in [-0.2, -0.15) is 0 Å². The van der Waals surface area contributed by atoms with Gasteiger partial charge in [-0.3, -0.25) is 0 Å². The maximum Gasteiger partial charge on any atom is 0.119 e. The standard InChI is InChI=1S/C7H9ClO2/c1-4-2-3-5(8)7(10)6(4)9/h2-3,6-7,9-10H,1H3/t6-,7+/m1/s1. The van der Waals surface area contributed by atoms with E-state index in [0.717, 1.165) is 5.57 Å². The molecule has 0 spiro atoms. The molecule has 1 aliphatic rings. The van der Waals surface area contributed by atoms with Gasteiger partial charge in [-0.15, -0.1) is 0 Å². The van der Waals surface area contributed by atoms with Gasteiger partial charge in [-0.05, 0) is 18.6 Å². The maximum absolute atomic E-state index is 9.17. The smallest absolute Gasteiger partial charge is 0.119 e. The summed E-state index contributed by atoms with van der Waals surface area (Å²) in [6.45, 7) is 1.74. The summed E-state index contributed by atoms with van der Waals surface area (Å²) in [6.07, 6.45) is 1.51. The minimum absolute atomic E-state index is 0.290. The van der Waals surface area contributed by atoms with Crippen molar-refractivity contribution in [3.05, 3.63) is 22.8 Å². The Bertz CT molecular complexity index is 174. The molecule has 1 aliphatic carbocycles. The van der Waals surface area contributed by atoms with E-state index in [1.165, 1.54) is 0 Å². The normalized spacial score (nSPS) is 33.2. The third-order valence-electron chi connectivity index (χ3n) is 1.55. The molecular weight excluding hydrogens is 152 g/mol. The van der Waals surface area contributed by atoms with Crippen molar-refractivity contribution in [3.63, 3.8) is 0 Å². The van der Waals surface area contributed by atoms with E-state index >= 15 is 0 Å². The van der Waals surface area contributed by atoms with Gasteiger partial charge in [0.25, 0.3) is 0 Å². The molecule has 0 amide bonds. The zero-order valence-corrected chi connectivity index (χ0v) is 6.34. The molecule has 56 valence electrons. The minimum atomic E-state index is -0.938. The number of aliphatic hydroxyl groups excluding tert-OH is 2. The van der Waals surface area contributed by atoms with E-state index in [2.05, 4.69) is 0 Å². The lowest BCUT2D eigenvalue weighted by atomic mass is 10.0. The van der Waals surface area contributed by atoms with Crippen molar-refractivity contribution >= 4 is 11.6 Å². The third-order valence-corrected chi connectivity index (χ3v) is 1.90. The van der Waals surface area contributed by atoms with Crippen LogP contribution in [-0.4, -0.2) is 22.4 Å². The summed E-state index contributed by atoms with van der Waals surface area (Å²) in [5, 5.41) is 18.6. The van der Waals surface area contributed by atoms with Gasteiger partial charge in [0.1, 0.15) is 12.2 Å². The van der Waals surface area contributed by atoms with Gasteiger partial charge in [0.05, 0.1) is 0 Å². The van der Waals surface area contributed by atoms with E-state index in [1.54, 1.807) is 19.1 Å². The van der Waals surface area contributed by atoms with E-state index in [9.17, 15) is 5.11 Å². The van der Waals surface area contributed by atoms with Gasteiger partial charge in [0.15, 0.2) is 0 Å². The molecule has 0 saturated heterocycles. The topological polar surface area (TPSA) is 40.5 Å². The quantitative estimate of drug-likeness (QED) is 0.550. The van der Waals surface area contributed by atoms with Gasteiger partial charge >= 0.3 is 0 Å². The number of aliphatic hydroxyl groups is 2. The first kappa shape index (κ1) is 7.79. The van der Waals surface area contributed by atoms with Crippen molar-refractivity contribution in [2.45, 2.75) is 19.1 Å². The molecule has 2 nitrogen and oxygen atoms in total. The first-order valence-corrected chi connectivity index (χ1v) is 3.40. The summed E-state index contributed by atoms with van der Waals surface area (Å²) in [7, 11) is 0. The zero-order chi connectivity index (χ0) is 7.72. The summed E-state index contributed by atoms with van der Waals surface area (Å²) >= 11 is 5.53. The van der Waals surface area contributed by atoms with Crippen molar-refractivity contribution in [3.8, 4) is 0 Å². The van der Waals surface area contributed by atoms with Crippen LogP contribution in [-0.2, 0) is 0 Å². The van der Waals surface area contributed by atoms with Gasteiger partial charge in [-0.25, -0.2) is 0 Å². The highest BCUT2D eigenvalue weighted by atomic mass is 35.5. The Balaban J connectivity index is 2.86. The lowest BCUT2D eigenvalue weighted by Gasteiger charge is -2.20. The van der Waals surface area contributed by atoms with Crippen LogP contribution in [0.25, 0.3) is 0 Å². The highest BCUT2D eigenvalue weighted by molar-refractivity contribution is 6.30. The zero-order valence-electron chi connectivity index (χ0n) is 5.58. The van der Waals surface area contributed by atoms with Crippen LogP contribution < -0.4 is 0 Å². The predicted molar refractivity (Wildman–Crippen MR) is 39.7 cm³/mol. The van der Waals surface area contributed by atoms with Crippen LogP contribution in [0.15, 0.2) is 22.8 Å². The molecule has 10 heavy (non-hydrogen) atoms. The van der Waals surface area contributed by atoms with Crippen LogP contribution in [0.1, 0.15) is 6.92 Å². The molecular formula is C7H9ClO2. The van der Waals surface area contributed by atoms with Crippen LogP contribution in [0.3, 0.4) is 0 Å². The molecule has 0 bridgehead atoms. The second-order valence-electron chi connectivity index (χ2n) is 2.35. The molecule has 2 N–H and O–H groups in total. The van der Waals surface area contributed by atoms with Crippen LogP contribution in [0.2, 0.25) is 0 Å². The first-order chi connectivity index (χ1) is 4.63.